The Morgan fingerprint density at radius 2 is 1.77 bits per heavy atom. The van der Waals surface area contributed by atoms with Gasteiger partial charge in [0.1, 0.15) is 0 Å². The molecule has 4 atom stereocenters. The molecule has 160 valence electrons. The van der Waals surface area contributed by atoms with Crippen molar-refractivity contribution in [1.29, 1.82) is 0 Å². The summed E-state index contributed by atoms with van der Waals surface area (Å²) in [5.74, 6) is -0.247. The fourth-order valence-electron chi connectivity index (χ4n) is 5.40. The Hall–Kier alpha value is -2.63. The van der Waals surface area contributed by atoms with Crippen LogP contribution in [0.15, 0.2) is 42.1 Å². The molecule has 0 bridgehead atoms. The van der Waals surface area contributed by atoms with Crippen LogP contribution < -0.4 is 0 Å². The Balaban J connectivity index is 1.80. The molecule has 2 fully saturated rings. The molecule has 2 aliphatic heterocycles. The Bertz CT molecular complexity index is 860. The highest BCUT2D eigenvalue weighted by Crippen LogP contribution is 2.44. The summed E-state index contributed by atoms with van der Waals surface area (Å²) in [5, 5.41) is 0. The Labute approximate surface area is 178 Å². The second-order valence-corrected chi connectivity index (χ2v) is 8.69. The quantitative estimate of drug-likeness (QED) is 0.766. The Morgan fingerprint density at radius 1 is 1.10 bits per heavy atom. The molecule has 0 unspecified atom stereocenters. The topological polar surface area (TPSA) is 60.9 Å². The number of rotatable bonds is 3. The highest BCUT2D eigenvalue weighted by Gasteiger charge is 2.49. The van der Waals surface area contributed by atoms with Crippen LogP contribution in [0.5, 0.6) is 0 Å². The zero-order chi connectivity index (χ0) is 21.4. The Kier molecular flexibility index (Phi) is 5.67. The van der Waals surface area contributed by atoms with Crippen LogP contribution in [0.4, 0.5) is 4.79 Å². The van der Waals surface area contributed by atoms with Gasteiger partial charge in [-0.05, 0) is 37.7 Å². The number of likely N-dealkylation sites (tertiary alicyclic amines) is 1. The van der Waals surface area contributed by atoms with E-state index in [1.165, 1.54) is 11.8 Å². The molecule has 6 nitrogen and oxygen atoms in total. The lowest BCUT2D eigenvalue weighted by Crippen LogP contribution is -2.43. The van der Waals surface area contributed by atoms with Crippen LogP contribution in [0.2, 0.25) is 0 Å². The van der Waals surface area contributed by atoms with Crippen molar-refractivity contribution in [2.45, 2.75) is 52.0 Å². The molecule has 6 heteroatoms. The van der Waals surface area contributed by atoms with Gasteiger partial charge in [0, 0.05) is 44.1 Å². The van der Waals surface area contributed by atoms with Crippen molar-refractivity contribution in [3.63, 3.8) is 0 Å². The molecule has 2 heterocycles. The minimum absolute atomic E-state index is 0.0107. The van der Waals surface area contributed by atoms with E-state index in [0.717, 1.165) is 37.2 Å². The molecule has 0 N–H and O–H groups in total. The van der Waals surface area contributed by atoms with E-state index in [-0.39, 0.29) is 41.6 Å². The van der Waals surface area contributed by atoms with Gasteiger partial charge in [-0.15, -0.1) is 0 Å². The maximum atomic E-state index is 13.5. The van der Waals surface area contributed by atoms with Gasteiger partial charge in [-0.1, -0.05) is 43.3 Å². The normalized spacial score (nSPS) is 29.0. The summed E-state index contributed by atoms with van der Waals surface area (Å²) in [5.41, 5.74) is 2.01. The smallest absolute Gasteiger partial charge is 0.331 e. The molecule has 30 heavy (non-hydrogen) atoms. The van der Waals surface area contributed by atoms with Gasteiger partial charge in [0.2, 0.25) is 11.8 Å². The predicted molar refractivity (Wildman–Crippen MR) is 114 cm³/mol. The second-order valence-electron chi connectivity index (χ2n) is 8.69. The lowest BCUT2D eigenvalue weighted by Gasteiger charge is -2.32. The van der Waals surface area contributed by atoms with Gasteiger partial charge in [-0.25, -0.2) is 4.79 Å². The average molecular weight is 410 g/mol. The maximum Gasteiger partial charge on any atom is 0.331 e. The fraction of sp³-hybridized carbons (Fsp3) is 0.542. The number of hydrogen-bond donors (Lipinski definition) is 0. The minimum atomic E-state index is -0.373. The number of imide groups is 1. The third-order valence-corrected chi connectivity index (χ3v) is 7.01. The van der Waals surface area contributed by atoms with Crippen molar-refractivity contribution in [3.8, 4) is 0 Å². The summed E-state index contributed by atoms with van der Waals surface area (Å²) in [7, 11) is 0. The minimum Gasteiger partial charge on any atom is -0.342 e. The lowest BCUT2D eigenvalue weighted by molar-refractivity contribution is -0.137. The molecular formula is C24H31N3O3. The standard InChI is InChI=1S/C24H31N3O3/c1-4-26-21-14-19(18-10-6-5-7-11-18)16(2)20(23(29)25-12-8-9-13-25)15-22(21)27(17(3)28)24(26)30/h5-7,10-11,14,16,19-20,22H,4,8-9,12-13,15H2,1-3H3/t16-,19-,20+,22-/m1/s1. The molecule has 0 radical (unpaired) electrons. The van der Waals surface area contributed by atoms with Gasteiger partial charge in [-0.2, -0.15) is 0 Å². The number of urea groups is 1. The van der Waals surface area contributed by atoms with E-state index in [0.29, 0.717) is 13.0 Å². The summed E-state index contributed by atoms with van der Waals surface area (Å²) in [4.78, 5) is 44.0. The zero-order valence-electron chi connectivity index (χ0n) is 18.1. The summed E-state index contributed by atoms with van der Waals surface area (Å²) in [6.45, 7) is 7.63. The second kappa shape index (κ2) is 8.25. The van der Waals surface area contributed by atoms with E-state index in [2.05, 4.69) is 25.1 Å². The van der Waals surface area contributed by atoms with Crippen LogP contribution in [-0.2, 0) is 9.59 Å². The number of likely N-dealkylation sites (N-methyl/N-ethyl adjacent to an activating group) is 1. The molecule has 3 aliphatic rings. The summed E-state index contributed by atoms with van der Waals surface area (Å²) < 4.78 is 0. The SMILES string of the molecule is CCN1C(=O)N(C(C)=O)[C@@H]2C[C@H](C(=O)N3CCCC3)[C@H](C)[C@H](c3ccccc3)C=C21. The van der Waals surface area contributed by atoms with Crippen molar-refractivity contribution < 1.29 is 14.4 Å². The van der Waals surface area contributed by atoms with Crippen LogP contribution >= 0.6 is 0 Å². The highest BCUT2D eigenvalue weighted by molar-refractivity contribution is 5.97. The molecule has 1 aliphatic carbocycles. The lowest BCUT2D eigenvalue weighted by atomic mass is 9.78. The third kappa shape index (κ3) is 3.42. The first kappa shape index (κ1) is 20.6. The fourth-order valence-corrected chi connectivity index (χ4v) is 5.40. The number of carbonyl (C=O) groups is 3. The molecule has 1 aromatic carbocycles. The maximum absolute atomic E-state index is 13.5. The molecule has 1 aromatic rings. The van der Waals surface area contributed by atoms with Gasteiger partial charge >= 0.3 is 6.03 Å². The number of carbonyl (C=O) groups excluding carboxylic acids is 3. The zero-order valence-corrected chi connectivity index (χ0v) is 18.1. The van der Waals surface area contributed by atoms with Crippen molar-refractivity contribution in [3.05, 3.63) is 47.7 Å². The number of hydrogen-bond acceptors (Lipinski definition) is 3. The highest BCUT2D eigenvalue weighted by atomic mass is 16.2. The van der Waals surface area contributed by atoms with Gasteiger partial charge in [-0.3, -0.25) is 19.4 Å². The van der Waals surface area contributed by atoms with Crippen LogP contribution in [0.3, 0.4) is 0 Å². The van der Waals surface area contributed by atoms with Crippen molar-refractivity contribution in [2.24, 2.45) is 11.8 Å². The van der Waals surface area contributed by atoms with Gasteiger partial charge in [0.15, 0.2) is 0 Å². The first-order valence-corrected chi connectivity index (χ1v) is 11.1. The first-order valence-electron chi connectivity index (χ1n) is 11.1. The molecule has 0 saturated carbocycles. The molecule has 2 saturated heterocycles. The van der Waals surface area contributed by atoms with E-state index in [4.69, 9.17) is 0 Å². The van der Waals surface area contributed by atoms with E-state index >= 15 is 0 Å². The largest absolute Gasteiger partial charge is 0.342 e. The molecule has 4 amide bonds. The van der Waals surface area contributed by atoms with Crippen LogP contribution in [0.1, 0.15) is 51.5 Å². The van der Waals surface area contributed by atoms with E-state index in [1.54, 1.807) is 4.90 Å². The van der Waals surface area contributed by atoms with Gasteiger partial charge < -0.3 is 4.90 Å². The van der Waals surface area contributed by atoms with Crippen molar-refractivity contribution in [1.82, 2.24) is 14.7 Å². The van der Waals surface area contributed by atoms with E-state index in [1.807, 2.05) is 30.0 Å². The van der Waals surface area contributed by atoms with Crippen LogP contribution in [0.25, 0.3) is 0 Å². The van der Waals surface area contributed by atoms with Crippen molar-refractivity contribution in [2.75, 3.05) is 19.6 Å². The number of amides is 4. The first-order chi connectivity index (χ1) is 14.4. The van der Waals surface area contributed by atoms with Crippen LogP contribution in [0, 0.1) is 11.8 Å². The van der Waals surface area contributed by atoms with Crippen molar-refractivity contribution >= 4 is 17.8 Å². The molecule has 0 aromatic heterocycles. The number of fused-ring (bicyclic) bond motifs is 1. The molecule has 0 spiro atoms. The van der Waals surface area contributed by atoms with E-state index < -0.39 is 0 Å². The van der Waals surface area contributed by atoms with Gasteiger partial charge in [0.05, 0.1) is 6.04 Å². The summed E-state index contributed by atoms with van der Waals surface area (Å²) in [6.07, 6.45) is 4.73. The molecular weight excluding hydrogens is 378 g/mol. The monoisotopic (exact) mass is 409 g/mol. The summed E-state index contributed by atoms with van der Waals surface area (Å²) in [6, 6.07) is 9.55. The number of allylic oxidation sites excluding steroid dienone is 1. The number of benzene rings is 1. The van der Waals surface area contributed by atoms with Crippen LogP contribution in [-0.4, -0.2) is 58.2 Å². The number of nitrogens with zero attached hydrogens (tertiary/aromatic N) is 3. The summed E-state index contributed by atoms with van der Waals surface area (Å²) >= 11 is 0. The average Bonchev–Trinajstić information content (AvgIpc) is 3.33. The van der Waals surface area contributed by atoms with Gasteiger partial charge in [0.25, 0.3) is 0 Å². The Morgan fingerprint density at radius 3 is 2.37 bits per heavy atom. The van der Waals surface area contributed by atoms with E-state index in [9.17, 15) is 14.4 Å². The predicted octanol–water partition coefficient (Wildman–Crippen LogP) is 3.61. The molecule has 4 rings (SSSR count). The third-order valence-electron chi connectivity index (χ3n) is 7.01.